The molecule has 0 unspecified atom stereocenters. The molecule has 5 nitrogen and oxygen atoms in total. The maximum absolute atomic E-state index is 13.1. The molecule has 1 aliphatic rings. The lowest BCUT2D eigenvalue weighted by molar-refractivity contribution is -0.150. The van der Waals surface area contributed by atoms with Crippen LogP contribution in [0.2, 0.25) is 0 Å². The number of rotatable bonds is 9. The first-order chi connectivity index (χ1) is 16.8. The third kappa shape index (κ3) is 5.43. The maximum atomic E-state index is 13.1. The Morgan fingerprint density at radius 2 is 1.49 bits per heavy atom. The van der Waals surface area contributed by atoms with Gasteiger partial charge in [0.1, 0.15) is 0 Å². The number of ether oxygens (including phenoxy) is 1. The molecule has 0 spiro atoms. The molecule has 35 heavy (non-hydrogen) atoms. The second-order valence-corrected chi connectivity index (χ2v) is 10.8. The molecule has 0 N–H and O–H groups in total. The molecule has 0 aromatic heterocycles. The fraction of sp³-hybridized carbons (Fsp3) is 0.345. The van der Waals surface area contributed by atoms with Crippen molar-refractivity contribution < 1.29 is 19.1 Å². The van der Waals surface area contributed by atoms with Crippen LogP contribution in [0.4, 0.5) is 0 Å². The van der Waals surface area contributed by atoms with Crippen molar-refractivity contribution in [2.45, 2.75) is 32.6 Å². The predicted molar refractivity (Wildman–Crippen MR) is 141 cm³/mol. The Morgan fingerprint density at radius 1 is 0.829 bits per heavy atom. The zero-order valence-electron chi connectivity index (χ0n) is 20.7. The van der Waals surface area contributed by atoms with Gasteiger partial charge < -0.3 is 9.64 Å². The number of fused-ring (bicyclic) bond motifs is 2. The molecule has 0 radical (unpaired) electrons. The lowest BCUT2D eigenvalue weighted by Gasteiger charge is -2.26. The highest BCUT2D eigenvalue weighted by molar-refractivity contribution is 8.00. The lowest BCUT2D eigenvalue weighted by Crippen LogP contribution is -2.39. The first kappa shape index (κ1) is 25.0. The molecule has 0 atom stereocenters. The summed E-state index contributed by atoms with van der Waals surface area (Å²) >= 11 is 1.36. The molecule has 0 aliphatic heterocycles. The van der Waals surface area contributed by atoms with Crippen LogP contribution in [0.25, 0.3) is 21.9 Å². The Hall–Kier alpha value is -3.12. The Morgan fingerprint density at radius 3 is 2.17 bits per heavy atom. The Labute approximate surface area is 210 Å². The number of thioether (sulfide) groups is 1. The van der Waals surface area contributed by atoms with Crippen molar-refractivity contribution >= 4 is 40.2 Å². The van der Waals surface area contributed by atoms with Crippen molar-refractivity contribution in [1.29, 1.82) is 0 Å². The summed E-state index contributed by atoms with van der Waals surface area (Å²) in [6.07, 6.45) is 0. The summed E-state index contributed by atoms with van der Waals surface area (Å²) in [7, 11) is 0. The van der Waals surface area contributed by atoms with Gasteiger partial charge in [-0.05, 0) is 34.4 Å². The molecule has 1 aliphatic carbocycles. The molecular formula is C29H31NO4S. The summed E-state index contributed by atoms with van der Waals surface area (Å²) in [6, 6.07) is 17.4. The number of nitrogens with zero attached hydrogens (tertiary/aromatic N) is 1. The fourth-order valence-electron chi connectivity index (χ4n) is 4.55. The van der Waals surface area contributed by atoms with E-state index in [0.717, 1.165) is 26.8 Å². The largest absolute Gasteiger partial charge is 0.455 e. The van der Waals surface area contributed by atoms with E-state index >= 15 is 0 Å². The third-order valence-corrected chi connectivity index (χ3v) is 6.98. The molecular weight excluding hydrogens is 458 g/mol. The van der Waals surface area contributed by atoms with E-state index in [0.29, 0.717) is 36.1 Å². The predicted octanol–water partition coefficient (Wildman–Crippen LogP) is 5.83. The van der Waals surface area contributed by atoms with E-state index < -0.39 is 5.97 Å². The lowest BCUT2D eigenvalue weighted by atomic mass is 9.83. The highest BCUT2D eigenvalue weighted by atomic mass is 32.2. The van der Waals surface area contributed by atoms with Crippen LogP contribution in [0.5, 0.6) is 0 Å². The first-order valence-electron chi connectivity index (χ1n) is 12.0. The number of benzene rings is 3. The van der Waals surface area contributed by atoms with E-state index in [1.54, 1.807) is 4.90 Å². The van der Waals surface area contributed by atoms with Gasteiger partial charge in [-0.2, -0.15) is 0 Å². The normalized spacial score (nSPS) is 12.2. The summed E-state index contributed by atoms with van der Waals surface area (Å²) < 4.78 is 5.32. The Balaban J connectivity index is 1.46. The van der Waals surface area contributed by atoms with Crippen molar-refractivity contribution in [3.63, 3.8) is 0 Å². The van der Waals surface area contributed by atoms with E-state index in [1.807, 2.05) is 54.6 Å². The van der Waals surface area contributed by atoms with E-state index in [1.165, 1.54) is 11.8 Å². The number of amides is 1. The average molecular weight is 490 g/mol. The van der Waals surface area contributed by atoms with Crippen LogP contribution in [0.1, 0.15) is 43.6 Å². The van der Waals surface area contributed by atoms with Crippen molar-refractivity contribution in [2.75, 3.05) is 25.4 Å². The Bertz CT molecular complexity index is 1270. The van der Waals surface area contributed by atoms with Gasteiger partial charge in [-0.3, -0.25) is 14.4 Å². The molecule has 0 bridgehead atoms. The van der Waals surface area contributed by atoms with Crippen LogP contribution in [0.3, 0.4) is 0 Å². The molecule has 182 valence electrons. The number of ketones is 1. The van der Waals surface area contributed by atoms with Crippen LogP contribution in [-0.4, -0.2) is 48.0 Å². The maximum Gasteiger partial charge on any atom is 0.316 e. The zero-order valence-corrected chi connectivity index (χ0v) is 21.5. The quantitative estimate of drug-likeness (QED) is 0.219. The van der Waals surface area contributed by atoms with E-state index in [4.69, 9.17) is 4.74 Å². The SMILES string of the molecule is CC(C)CN(CC(C)C)C(=O)COC(=O)CSc1ccc2c3c(cccc13)C(=O)c1ccccc1-2. The number of carbonyl (C=O) groups excluding carboxylic acids is 3. The summed E-state index contributed by atoms with van der Waals surface area (Å²) in [5.74, 6) is 0.201. The van der Waals surface area contributed by atoms with Crippen LogP contribution in [0, 0.1) is 11.8 Å². The molecule has 6 heteroatoms. The van der Waals surface area contributed by atoms with E-state index in [2.05, 4.69) is 27.7 Å². The molecule has 0 saturated heterocycles. The number of hydrogen-bond acceptors (Lipinski definition) is 5. The monoisotopic (exact) mass is 489 g/mol. The summed E-state index contributed by atoms with van der Waals surface area (Å²) in [5, 5.41) is 1.86. The van der Waals surface area contributed by atoms with Crippen molar-refractivity contribution in [1.82, 2.24) is 4.90 Å². The molecule has 3 aromatic rings. The second-order valence-electron chi connectivity index (χ2n) is 9.75. The van der Waals surface area contributed by atoms with Crippen molar-refractivity contribution in [2.24, 2.45) is 11.8 Å². The van der Waals surface area contributed by atoms with Gasteiger partial charge in [-0.25, -0.2) is 0 Å². The van der Waals surface area contributed by atoms with Gasteiger partial charge in [0, 0.05) is 34.5 Å². The van der Waals surface area contributed by atoms with Gasteiger partial charge in [0.05, 0.1) is 5.75 Å². The molecule has 3 aromatic carbocycles. The minimum absolute atomic E-state index is 0.0196. The summed E-state index contributed by atoms with van der Waals surface area (Å²) in [6.45, 7) is 9.31. The van der Waals surface area contributed by atoms with Gasteiger partial charge >= 0.3 is 5.97 Å². The number of esters is 1. The van der Waals surface area contributed by atoms with Gasteiger partial charge in [0.2, 0.25) is 0 Å². The smallest absolute Gasteiger partial charge is 0.316 e. The molecule has 1 amide bonds. The minimum atomic E-state index is -0.431. The highest BCUT2D eigenvalue weighted by Crippen LogP contribution is 2.42. The van der Waals surface area contributed by atoms with Crippen molar-refractivity contribution in [3.8, 4) is 11.1 Å². The zero-order chi connectivity index (χ0) is 25.1. The second kappa shape index (κ2) is 10.6. The Kier molecular flexibility index (Phi) is 7.60. The molecule has 4 rings (SSSR count). The summed E-state index contributed by atoms with van der Waals surface area (Å²) in [4.78, 5) is 40.9. The van der Waals surface area contributed by atoms with Gasteiger partial charge in [0.25, 0.3) is 5.91 Å². The number of carbonyl (C=O) groups is 3. The standard InChI is InChI=1S/C29H31NO4S/c1-18(2)14-30(15-19(3)4)26(31)16-34-27(32)17-35-25-13-12-21-20-8-5-6-9-22(20)29(33)24-11-7-10-23(25)28(21)24/h5-13,18-19H,14-17H2,1-4H3. The van der Waals surface area contributed by atoms with Crippen LogP contribution in [-0.2, 0) is 14.3 Å². The van der Waals surface area contributed by atoms with Crippen LogP contribution >= 0.6 is 11.8 Å². The highest BCUT2D eigenvalue weighted by Gasteiger charge is 2.25. The van der Waals surface area contributed by atoms with Gasteiger partial charge in [-0.1, -0.05) is 76.2 Å². The van der Waals surface area contributed by atoms with Crippen LogP contribution < -0.4 is 0 Å². The van der Waals surface area contributed by atoms with Crippen LogP contribution in [0.15, 0.2) is 59.5 Å². The van der Waals surface area contributed by atoms with Crippen molar-refractivity contribution in [3.05, 3.63) is 65.7 Å². The summed E-state index contributed by atoms with van der Waals surface area (Å²) in [5.41, 5.74) is 3.36. The van der Waals surface area contributed by atoms with Gasteiger partial charge in [-0.15, -0.1) is 11.8 Å². The first-order valence-corrected chi connectivity index (χ1v) is 13.0. The fourth-order valence-corrected chi connectivity index (χ4v) is 5.40. The van der Waals surface area contributed by atoms with E-state index in [-0.39, 0.29) is 24.1 Å². The topological polar surface area (TPSA) is 63.7 Å². The van der Waals surface area contributed by atoms with Gasteiger partial charge in [0.15, 0.2) is 12.4 Å². The van der Waals surface area contributed by atoms with E-state index in [9.17, 15) is 14.4 Å². The minimum Gasteiger partial charge on any atom is -0.455 e. The third-order valence-electron chi connectivity index (χ3n) is 5.93. The number of hydrogen-bond donors (Lipinski definition) is 0. The average Bonchev–Trinajstić information content (AvgIpc) is 2.83. The molecule has 0 fully saturated rings. The molecule has 0 heterocycles. The molecule has 0 saturated carbocycles.